The average molecular weight is 234 g/mol. The van der Waals surface area contributed by atoms with Crippen molar-refractivity contribution in [2.24, 2.45) is 0 Å². The van der Waals surface area contributed by atoms with E-state index in [2.05, 4.69) is 21.0 Å². The summed E-state index contributed by atoms with van der Waals surface area (Å²) in [7, 11) is 0. The lowest BCUT2D eigenvalue weighted by Gasteiger charge is -1.98. The summed E-state index contributed by atoms with van der Waals surface area (Å²) in [5, 5.41) is 9.05. The van der Waals surface area contributed by atoms with Crippen molar-refractivity contribution in [2.45, 2.75) is 6.92 Å². The Labute approximate surface area is 104 Å². The Morgan fingerprint density at radius 3 is 2.89 bits per heavy atom. The van der Waals surface area contributed by atoms with Gasteiger partial charge in [-0.05, 0) is 30.7 Å². The van der Waals surface area contributed by atoms with Crippen LogP contribution in [-0.2, 0) is 0 Å². The molecule has 0 fully saturated rings. The van der Waals surface area contributed by atoms with Crippen molar-refractivity contribution in [1.82, 2.24) is 15.0 Å². The van der Waals surface area contributed by atoms with Gasteiger partial charge < -0.3 is 4.98 Å². The standard InChI is InChI=1S/C14H10N4/c1-9-4-3-7-16-12(9)14-17-11-6-2-5-10(8-15)13(11)18-14/h2-7H,1H3,(H,17,18). The van der Waals surface area contributed by atoms with Crippen molar-refractivity contribution in [1.29, 1.82) is 5.26 Å². The molecule has 0 radical (unpaired) electrons. The van der Waals surface area contributed by atoms with E-state index in [0.29, 0.717) is 16.9 Å². The second-order valence-corrected chi connectivity index (χ2v) is 4.07. The molecule has 0 saturated carbocycles. The van der Waals surface area contributed by atoms with Gasteiger partial charge in [-0.25, -0.2) is 4.98 Å². The van der Waals surface area contributed by atoms with E-state index >= 15 is 0 Å². The first-order valence-electron chi connectivity index (χ1n) is 5.60. The van der Waals surface area contributed by atoms with Gasteiger partial charge in [0.2, 0.25) is 0 Å². The van der Waals surface area contributed by atoms with E-state index in [0.717, 1.165) is 16.8 Å². The van der Waals surface area contributed by atoms with E-state index in [-0.39, 0.29) is 0 Å². The molecular formula is C14H10N4. The smallest absolute Gasteiger partial charge is 0.157 e. The third-order valence-corrected chi connectivity index (χ3v) is 2.87. The van der Waals surface area contributed by atoms with E-state index in [1.54, 1.807) is 12.3 Å². The number of nitriles is 1. The largest absolute Gasteiger partial charge is 0.337 e. The SMILES string of the molecule is Cc1cccnc1-c1nc2c(C#N)cccc2[nH]1. The number of para-hydroxylation sites is 1. The molecule has 86 valence electrons. The van der Waals surface area contributed by atoms with E-state index in [1.165, 1.54) is 0 Å². The zero-order valence-electron chi connectivity index (χ0n) is 9.81. The van der Waals surface area contributed by atoms with Crippen molar-refractivity contribution in [3.8, 4) is 17.6 Å². The molecule has 18 heavy (non-hydrogen) atoms. The Balaban J connectivity index is 2.27. The number of nitrogens with zero attached hydrogens (tertiary/aromatic N) is 3. The monoisotopic (exact) mass is 234 g/mol. The number of aromatic amines is 1. The van der Waals surface area contributed by atoms with Crippen LogP contribution < -0.4 is 0 Å². The number of imidazole rings is 1. The molecule has 0 unspecified atom stereocenters. The molecule has 0 atom stereocenters. The van der Waals surface area contributed by atoms with Gasteiger partial charge in [0, 0.05) is 6.20 Å². The van der Waals surface area contributed by atoms with E-state index < -0.39 is 0 Å². The van der Waals surface area contributed by atoms with Crippen molar-refractivity contribution >= 4 is 11.0 Å². The Morgan fingerprint density at radius 2 is 2.11 bits per heavy atom. The fraction of sp³-hybridized carbons (Fsp3) is 0.0714. The fourth-order valence-electron chi connectivity index (χ4n) is 1.97. The molecule has 2 aromatic heterocycles. The molecular weight excluding hydrogens is 224 g/mol. The van der Waals surface area contributed by atoms with Crippen LogP contribution in [0.1, 0.15) is 11.1 Å². The average Bonchev–Trinajstić information content (AvgIpc) is 2.82. The van der Waals surface area contributed by atoms with Gasteiger partial charge in [0.05, 0.1) is 11.1 Å². The number of pyridine rings is 1. The number of fused-ring (bicyclic) bond motifs is 1. The predicted molar refractivity (Wildman–Crippen MR) is 68.8 cm³/mol. The molecule has 3 aromatic rings. The highest BCUT2D eigenvalue weighted by Crippen LogP contribution is 2.22. The van der Waals surface area contributed by atoms with Gasteiger partial charge in [0.25, 0.3) is 0 Å². The lowest BCUT2D eigenvalue weighted by atomic mass is 10.2. The summed E-state index contributed by atoms with van der Waals surface area (Å²) >= 11 is 0. The molecule has 0 aliphatic rings. The topological polar surface area (TPSA) is 65.4 Å². The van der Waals surface area contributed by atoms with Crippen LogP contribution in [0.2, 0.25) is 0 Å². The number of H-pyrrole nitrogens is 1. The maximum absolute atomic E-state index is 9.05. The van der Waals surface area contributed by atoms with Gasteiger partial charge in [-0.2, -0.15) is 5.26 Å². The Kier molecular flexibility index (Phi) is 2.31. The van der Waals surface area contributed by atoms with Gasteiger partial charge >= 0.3 is 0 Å². The van der Waals surface area contributed by atoms with Crippen LogP contribution in [0.5, 0.6) is 0 Å². The molecule has 3 rings (SSSR count). The van der Waals surface area contributed by atoms with Crippen LogP contribution in [0, 0.1) is 18.3 Å². The molecule has 4 heteroatoms. The summed E-state index contributed by atoms with van der Waals surface area (Å²) < 4.78 is 0. The molecule has 0 saturated heterocycles. The third kappa shape index (κ3) is 1.54. The third-order valence-electron chi connectivity index (χ3n) is 2.87. The first-order chi connectivity index (χ1) is 8.79. The molecule has 2 heterocycles. The summed E-state index contributed by atoms with van der Waals surface area (Å²) in [5.74, 6) is 0.700. The molecule has 1 N–H and O–H groups in total. The van der Waals surface area contributed by atoms with Gasteiger partial charge in [0.1, 0.15) is 17.3 Å². The van der Waals surface area contributed by atoms with Crippen molar-refractivity contribution < 1.29 is 0 Å². The van der Waals surface area contributed by atoms with Crippen LogP contribution in [-0.4, -0.2) is 15.0 Å². The van der Waals surface area contributed by atoms with Gasteiger partial charge in [-0.1, -0.05) is 12.1 Å². The Bertz CT molecular complexity index is 765. The van der Waals surface area contributed by atoms with Crippen molar-refractivity contribution in [3.63, 3.8) is 0 Å². The van der Waals surface area contributed by atoms with Crippen LogP contribution >= 0.6 is 0 Å². The molecule has 0 amide bonds. The van der Waals surface area contributed by atoms with Gasteiger partial charge in [-0.3, -0.25) is 4.98 Å². The molecule has 1 aromatic carbocycles. The van der Waals surface area contributed by atoms with Crippen LogP contribution in [0.25, 0.3) is 22.6 Å². The highest BCUT2D eigenvalue weighted by Gasteiger charge is 2.10. The predicted octanol–water partition coefficient (Wildman–Crippen LogP) is 2.81. The number of aryl methyl sites for hydroxylation is 1. The second-order valence-electron chi connectivity index (χ2n) is 4.07. The zero-order valence-corrected chi connectivity index (χ0v) is 9.81. The Morgan fingerprint density at radius 1 is 1.22 bits per heavy atom. The number of aromatic nitrogens is 3. The molecule has 0 aliphatic heterocycles. The maximum atomic E-state index is 9.05. The quantitative estimate of drug-likeness (QED) is 0.704. The first-order valence-corrected chi connectivity index (χ1v) is 5.60. The van der Waals surface area contributed by atoms with Crippen molar-refractivity contribution in [3.05, 3.63) is 47.7 Å². The van der Waals surface area contributed by atoms with Crippen molar-refractivity contribution in [2.75, 3.05) is 0 Å². The number of hydrogen-bond donors (Lipinski definition) is 1. The number of hydrogen-bond acceptors (Lipinski definition) is 3. The first kappa shape index (κ1) is 10.5. The zero-order chi connectivity index (χ0) is 12.5. The molecule has 0 bridgehead atoms. The fourth-order valence-corrected chi connectivity index (χ4v) is 1.97. The number of nitrogens with one attached hydrogen (secondary N) is 1. The van der Waals surface area contributed by atoms with Gasteiger partial charge in [0.15, 0.2) is 5.82 Å². The highest BCUT2D eigenvalue weighted by atomic mass is 14.9. The molecule has 0 aliphatic carbocycles. The normalized spacial score (nSPS) is 10.4. The minimum Gasteiger partial charge on any atom is -0.337 e. The van der Waals surface area contributed by atoms with Crippen LogP contribution in [0.4, 0.5) is 0 Å². The van der Waals surface area contributed by atoms with E-state index in [4.69, 9.17) is 5.26 Å². The molecule has 0 spiro atoms. The van der Waals surface area contributed by atoms with E-state index in [1.807, 2.05) is 31.2 Å². The maximum Gasteiger partial charge on any atom is 0.157 e. The summed E-state index contributed by atoms with van der Waals surface area (Å²) in [4.78, 5) is 12.0. The lowest BCUT2D eigenvalue weighted by molar-refractivity contribution is 1.20. The minimum absolute atomic E-state index is 0.573. The van der Waals surface area contributed by atoms with E-state index in [9.17, 15) is 0 Å². The summed E-state index contributed by atoms with van der Waals surface area (Å²) in [6.45, 7) is 1.99. The summed E-state index contributed by atoms with van der Waals surface area (Å²) in [6, 6.07) is 11.5. The van der Waals surface area contributed by atoms with Crippen LogP contribution in [0.3, 0.4) is 0 Å². The number of rotatable bonds is 1. The molecule has 4 nitrogen and oxygen atoms in total. The lowest BCUT2D eigenvalue weighted by Crippen LogP contribution is -1.88. The highest BCUT2D eigenvalue weighted by molar-refractivity contribution is 5.84. The number of benzene rings is 1. The summed E-state index contributed by atoms with van der Waals surface area (Å²) in [5.41, 5.74) is 3.99. The Hall–Kier alpha value is -2.67. The van der Waals surface area contributed by atoms with Gasteiger partial charge in [-0.15, -0.1) is 0 Å². The minimum atomic E-state index is 0.573. The van der Waals surface area contributed by atoms with Crippen LogP contribution in [0.15, 0.2) is 36.5 Å². The second kappa shape index (κ2) is 3.97. The summed E-state index contributed by atoms with van der Waals surface area (Å²) in [6.07, 6.45) is 1.74.